The predicted molar refractivity (Wildman–Crippen MR) is 132 cm³/mol. The zero-order valence-electron chi connectivity index (χ0n) is 20.0. The molecular formula is C27H35N3O3. The maximum atomic E-state index is 13.2. The number of anilines is 2. The van der Waals surface area contributed by atoms with Crippen molar-refractivity contribution in [3.05, 3.63) is 59.7 Å². The average Bonchev–Trinajstić information content (AvgIpc) is 3.25. The summed E-state index contributed by atoms with van der Waals surface area (Å²) in [5, 5.41) is 0. The van der Waals surface area contributed by atoms with E-state index in [1.807, 2.05) is 30.1 Å². The zero-order chi connectivity index (χ0) is 23.4. The first-order chi connectivity index (χ1) is 16.0. The predicted octanol–water partition coefficient (Wildman–Crippen LogP) is 4.05. The lowest BCUT2D eigenvalue weighted by Gasteiger charge is -2.29. The van der Waals surface area contributed by atoms with Crippen molar-refractivity contribution in [2.24, 2.45) is 5.92 Å². The third-order valence-electron chi connectivity index (χ3n) is 6.95. The molecule has 0 radical (unpaired) electrons. The van der Waals surface area contributed by atoms with Crippen LogP contribution in [0.1, 0.15) is 43.7 Å². The van der Waals surface area contributed by atoms with Crippen LogP contribution in [-0.4, -0.2) is 56.6 Å². The van der Waals surface area contributed by atoms with Crippen LogP contribution in [0.2, 0.25) is 0 Å². The van der Waals surface area contributed by atoms with E-state index in [0.29, 0.717) is 19.0 Å². The minimum absolute atomic E-state index is 0.0316. The number of hydrogen-bond acceptors (Lipinski definition) is 4. The Balaban J connectivity index is 1.39. The molecule has 0 aliphatic carbocycles. The van der Waals surface area contributed by atoms with Gasteiger partial charge in [0.05, 0.1) is 19.1 Å². The number of ether oxygens (including phenoxy) is 1. The van der Waals surface area contributed by atoms with Gasteiger partial charge >= 0.3 is 0 Å². The minimum atomic E-state index is -0.305. The number of nitrogens with zero attached hydrogens (tertiary/aromatic N) is 3. The average molecular weight is 450 g/mol. The maximum absolute atomic E-state index is 13.2. The molecule has 2 aliphatic rings. The Morgan fingerprint density at radius 1 is 1.12 bits per heavy atom. The van der Waals surface area contributed by atoms with Gasteiger partial charge < -0.3 is 19.4 Å². The lowest BCUT2D eigenvalue weighted by Crippen LogP contribution is -2.36. The highest BCUT2D eigenvalue weighted by Crippen LogP contribution is 2.34. The standard InChI is InChI=1S/C27H35N3O3/c1-4-20(2)24-7-5-6-8-25(24)30-19-22(17-26(30)31)27(32)28(3)18-21-9-11-23(12-10-21)29-13-15-33-16-14-29/h5-12,20,22H,4,13-19H2,1-3H3. The van der Waals surface area contributed by atoms with E-state index >= 15 is 0 Å². The van der Waals surface area contributed by atoms with E-state index in [9.17, 15) is 9.59 Å². The van der Waals surface area contributed by atoms with Gasteiger partial charge in [0, 0.05) is 51.0 Å². The molecule has 33 heavy (non-hydrogen) atoms. The number of para-hydroxylation sites is 1. The first kappa shape index (κ1) is 23.3. The Morgan fingerprint density at radius 2 is 1.82 bits per heavy atom. The van der Waals surface area contributed by atoms with Gasteiger partial charge in [-0.2, -0.15) is 0 Å². The van der Waals surface area contributed by atoms with E-state index in [0.717, 1.165) is 44.0 Å². The fourth-order valence-corrected chi connectivity index (χ4v) is 4.77. The summed E-state index contributed by atoms with van der Waals surface area (Å²) in [4.78, 5) is 31.9. The molecule has 2 amide bonds. The molecule has 0 N–H and O–H groups in total. The Kier molecular flexibility index (Phi) is 7.33. The highest BCUT2D eigenvalue weighted by Gasteiger charge is 2.37. The van der Waals surface area contributed by atoms with Crippen molar-refractivity contribution >= 4 is 23.2 Å². The SMILES string of the molecule is CCC(C)c1ccccc1N1CC(C(=O)N(C)Cc2ccc(N3CCOCC3)cc2)CC1=O. The lowest BCUT2D eigenvalue weighted by atomic mass is 9.96. The molecular weight excluding hydrogens is 414 g/mol. The van der Waals surface area contributed by atoms with Crippen LogP contribution in [0.4, 0.5) is 11.4 Å². The Hall–Kier alpha value is -2.86. The molecule has 2 aromatic carbocycles. The molecule has 0 bridgehead atoms. The van der Waals surface area contributed by atoms with Crippen LogP contribution >= 0.6 is 0 Å². The summed E-state index contributed by atoms with van der Waals surface area (Å²) in [6.07, 6.45) is 1.28. The largest absolute Gasteiger partial charge is 0.378 e. The molecule has 2 aliphatic heterocycles. The lowest BCUT2D eigenvalue weighted by molar-refractivity contribution is -0.135. The van der Waals surface area contributed by atoms with Gasteiger partial charge in [-0.05, 0) is 41.7 Å². The highest BCUT2D eigenvalue weighted by molar-refractivity contribution is 6.00. The normalized spacial score (nSPS) is 19.6. The van der Waals surface area contributed by atoms with Gasteiger partial charge in [0.15, 0.2) is 0 Å². The Bertz CT molecular complexity index is 969. The smallest absolute Gasteiger partial charge is 0.228 e. The third kappa shape index (κ3) is 5.22. The number of hydrogen-bond donors (Lipinski definition) is 0. The molecule has 2 atom stereocenters. The van der Waals surface area contributed by atoms with E-state index in [1.165, 1.54) is 11.3 Å². The molecule has 6 nitrogen and oxygen atoms in total. The van der Waals surface area contributed by atoms with Crippen molar-refractivity contribution in [2.45, 2.75) is 39.2 Å². The van der Waals surface area contributed by atoms with Crippen LogP contribution in [0.5, 0.6) is 0 Å². The van der Waals surface area contributed by atoms with Crippen LogP contribution in [0, 0.1) is 5.92 Å². The van der Waals surface area contributed by atoms with Crippen molar-refractivity contribution in [2.75, 3.05) is 49.7 Å². The third-order valence-corrected chi connectivity index (χ3v) is 6.95. The van der Waals surface area contributed by atoms with Gasteiger partial charge in [-0.25, -0.2) is 0 Å². The molecule has 2 aromatic rings. The summed E-state index contributed by atoms with van der Waals surface area (Å²) in [7, 11) is 1.83. The topological polar surface area (TPSA) is 53.1 Å². The quantitative estimate of drug-likeness (QED) is 0.640. The van der Waals surface area contributed by atoms with E-state index < -0.39 is 0 Å². The molecule has 176 valence electrons. The Labute approximate surface area is 197 Å². The zero-order valence-corrected chi connectivity index (χ0v) is 20.0. The number of rotatable bonds is 7. The van der Waals surface area contributed by atoms with Crippen molar-refractivity contribution in [1.29, 1.82) is 0 Å². The van der Waals surface area contributed by atoms with E-state index in [2.05, 4.69) is 49.1 Å². The van der Waals surface area contributed by atoms with Gasteiger partial charge in [0.2, 0.25) is 11.8 Å². The van der Waals surface area contributed by atoms with Crippen LogP contribution in [-0.2, 0) is 20.9 Å². The van der Waals surface area contributed by atoms with Gasteiger partial charge in [-0.3, -0.25) is 9.59 Å². The fourth-order valence-electron chi connectivity index (χ4n) is 4.77. The first-order valence-electron chi connectivity index (χ1n) is 12.0. The molecule has 0 aromatic heterocycles. The second-order valence-corrected chi connectivity index (χ2v) is 9.23. The molecule has 0 saturated carbocycles. The van der Waals surface area contributed by atoms with Gasteiger partial charge in [-0.15, -0.1) is 0 Å². The molecule has 4 rings (SSSR count). The summed E-state index contributed by atoms with van der Waals surface area (Å²) in [5.74, 6) is 0.128. The van der Waals surface area contributed by atoms with E-state index in [-0.39, 0.29) is 24.2 Å². The summed E-state index contributed by atoms with van der Waals surface area (Å²) >= 11 is 0. The Morgan fingerprint density at radius 3 is 2.52 bits per heavy atom. The molecule has 2 saturated heterocycles. The number of morpholine rings is 1. The first-order valence-corrected chi connectivity index (χ1v) is 12.0. The van der Waals surface area contributed by atoms with Crippen LogP contribution in [0.3, 0.4) is 0 Å². The number of carbonyl (C=O) groups excluding carboxylic acids is 2. The molecule has 2 heterocycles. The van der Waals surface area contributed by atoms with Gasteiger partial charge in [0.25, 0.3) is 0 Å². The monoisotopic (exact) mass is 449 g/mol. The molecule has 0 spiro atoms. The second-order valence-electron chi connectivity index (χ2n) is 9.23. The van der Waals surface area contributed by atoms with Gasteiger partial charge in [0.1, 0.15) is 0 Å². The summed E-state index contributed by atoms with van der Waals surface area (Å²) in [6.45, 7) is 8.66. The van der Waals surface area contributed by atoms with Crippen molar-refractivity contribution < 1.29 is 14.3 Å². The summed E-state index contributed by atoms with van der Waals surface area (Å²) in [5.41, 5.74) is 4.41. The molecule has 6 heteroatoms. The summed E-state index contributed by atoms with van der Waals surface area (Å²) in [6, 6.07) is 16.5. The number of benzene rings is 2. The maximum Gasteiger partial charge on any atom is 0.228 e. The fraction of sp³-hybridized carbons (Fsp3) is 0.481. The highest BCUT2D eigenvalue weighted by atomic mass is 16.5. The van der Waals surface area contributed by atoms with E-state index in [4.69, 9.17) is 4.74 Å². The molecule has 2 fully saturated rings. The van der Waals surface area contributed by atoms with E-state index in [1.54, 1.807) is 4.90 Å². The molecule has 2 unspecified atom stereocenters. The van der Waals surface area contributed by atoms with Crippen molar-refractivity contribution in [3.8, 4) is 0 Å². The number of amides is 2. The van der Waals surface area contributed by atoms with Crippen molar-refractivity contribution in [3.63, 3.8) is 0 Å². The van der Waals surface area contributed by atoms with Crippen molar-refractivity contribution in [1.82, 2.24) is 4.90 Å². The van der Waals surface area contributed by atoms with Gasteiger partial charge in [-0.1, -0.05) is 44.2 Å². The van der Waals surface area contributed by atoms with Crippen LogP contribution < -0.4 is 9.80 Å². The number of carbonyl (C=O) groups is 2. The minimum Gasteiger partial charge on any atom is -0.378 e. The van der Waals surface area contributed by atoms with Crippen LogP contribution in [0.25, 0.3) is 0 Å². The summed E-state index contributed by atoms with van der Waals surface area (Å²) < 4.78 is 5.43. The second kappa shape index (κ2) is 10.4. The van der Waals surface area contributed by atoms with Crippen LogP contribution in [0.15, 0.2) is 48.5 Å².